The lowest BCUT2D eigenvalue weighted by atomic mass is 10.1. The van der Waals surface area contributed by atoms with Crippen molar-refractivity contribution in [3.8, 4) is 0 Å². The van der Waals surface area contributed by atoms with Gasteiger partial charge in [0.1, 0.15) is 0 Å². The van der Waals surface area contributed by atoms with E-state index in [1.54, 1.807) is 11.9 Å². The van der Waals surface area contributed by atoms with Crippen LogP contribution in [0.3, 0.4) is 0 Å². The van der Waals surface area contributed by atoms with Gasteiger partial charge in [-0.15, -0.1) is 0 Å². The molecule has 0 spiro atoms. The topological polar surface area (TPSA) is 32.3 Å². The second-order valence-electron chi connectivity index (χ2n) is 4.31. The Morgan fingerprint density at radius 1 is 1.05 bits per heavy atom. The van der Waals surface area contributed by atoms with Crippen molar-refractivity contribution in [2.45, 2.75) is 6.92 Å². The van der Waals surface area contributed by atoms with E-state index >= 15 is 0 Å². The molecule has 3 nitrogen and oxygen atoms in total. The highest BCUT2D eigenvalue weighted by atomic mass is 16.2. The summed E-state index contributed by atoms with van der Waals surface area (Å²) < 4.78 is 0. The second kappa shape index (κ2) is 6.05. The number of carbonyl (C=O) groups is 1. The third kappa shape index (κ3) is 3.13. The first-order valence-electron chi connectivity index (χ1n) is 6.39. The maximum atomic E-state index is 12.3. The van der Waals surface area contributed by atoms with E-state index < -0.39 is 0 Å². The molecular formula is C16H18N2O. The smallest absolute Gasteiger partial charge is 0.258 e. The van der Waals surface area contributed by atoms with Gasteiger partial charge in [-0.25, -0.2) is 0 Å². The Balaban J connectivity index is 2.15. The van der Waals surface area contributed by atoms with Crippen LogP contribution < -0.4 is 10.2 Å². The molecule has 98 valence electrons. The van der Waals surface area contributed by atoms with E-state index in [1.807, 2.05) is 61.5 Å². The van der Waals surface area contributed by atoms with Crippen LogP contribution in [0.5, 0.6) is 0 Å². The minimum atomic E-state index is -0.00533. The Morgan fingerprint density at radius 3 is 2.26 bits per heavy atom. The molecule has 2 aromatic rings. The zero-order valence-electron chi connectivity index (χ0n) is 11.3. The van der Waals surface area contributed by atoms with Gasteiger partial charge in [0.05, 0.1) is 0 Å². The lowest BCUT2D eigenvalue weighted by molar-refractivity contribution is 0.0993. The van der Waals surface area contributed by atoms with Gasteiger partial charge in [0.2, 0.25) is 0 Å². The van der Waals surface area contributed by atoms with Crippen molar-refractivity contribution in [1.82, 2.24) is 0 Å². The molecule has 0 fully saturated rings. The summed E-state index contributed by atoms with van der Waals surface area (Å²) in [5.74, 6) is -0.00533. The average Bonchev–Trinajstić information content (AvgIpc) is 2.48. The number of hydrogen-bond donors (Lipinski definition) is 1. The molecule has 19 heavy (non-hydrogen) atoms. The highest BCUT2D eigenvalue weighted by Gasteiger charge is 2.12. The molecule has 0 atom stereocenters. The van der Waals surface area contributed by atoms with E-state index in [0.29, 0.717) is 5.56 Å². The minimum Gasteiger partial charge on any atom is -0.385 e. The number of benzene rings is 2. The lowest BCUT2D eigenvalue weighted by Gasteiger charge is -2.17. The van der Waals surface area contributed by atoms with Crippen molar-refractivity contribution in [2.75, 3.05) is 23.8 Å². The molecule has 0 aliphatic carbocycles. The van der Waals surface area contributed by atoms with Crippen LogP contribution in [0.25, 0.3) is 0 Å². The number of para-hydroxylation sites is 1. The second-order valence-corrected chi connectivity index (χ2v) is 4.31. The largest absolute Gasteiger partial charge is 0.385 e. The summed E-state index contributed by atoms with van der Waals surface area (Å²) in [6.45, 7) is 2.92. The molecule has 0 saturated carbocycles. The molecule has 0 saturated heterocycles. The summed E-state index contributed by atoms with van der Waals surface area (Å²) in [6, 6.07) is 17.2. The van der Waals surface area contributed by atoms with Crippen LogP contribution in [0.4, 0.5) is 11.4 Å². The molecule has 0 aliphatic heterocycles. The van der Waals surface area contributed by atoms with Gasteiger partial charge < -0.3 is 10.2 Å². The number of nitrogens with zero attached hydrogens (tertiary/aromatic N) is 1. The standard InChI is InChI=1S/C16H18N2O/c1-3-17-14-11-9-13(10-12-14)16(19)18(2)15-7-5-4-6-8-15/h4-12,17H,3H2,1-2H3. The molecular weight excluding hydrogens is 236 g/mol. The van der Waals surface area contributed by atoms with Gasteiger partial charge in [-0.2, -0.15) is 0 Å². The summed E-state index contributed by atoms with van der Waals surface area (Å²) in [5.41, 5.74) is 2.61. The Hall–Kier alpha value is -2.29. The lowest BCUT2D eigenvalue weighted by Crippen LogP contribution is -2.26. The van der Waals surface area contributed by atoms with Crippen LogP contribution in [0.15, 0.2) is 54.6 Å². The molecule has 0 radical (unpaired) electrons. The first-order chi connectivity index (χ1) is 9.22. The van der Waals surface area contributed by atoms with Gasteiger partial charge in [0, 0.05) is 30.5 Å². The molecule has 1 amide bonds. The predicted molar refractivity (Wildman–Crippen MR) is 79.8 cm³/mol. The number of anilines is 2. The molecule has 0 heterocycles. The highest BCUT2D eigenvalue weighted by molar-refractivity contribution is 6.05. The van der Waals surface area contributed by atoms with Crippen molar-refractivity contribution in [2.24, 2.45) is 0 Å². The maximum Gasteiger partial charge on any atom is 0.258 e. The Morgan fingerprint density at radius 2 is 1.68 bits per heavy atom. The SMILES string of the molecule is CCNc1ccc(C(=O)N(C)c2ccccc2)cc1. The Bertz CT molecular complexity index is 534. The molecule has 0 aliphatic rings. The first-order valence-corrected chi connectivity index (χ1v) is 6.39. The van der Waals surface area contributed by atoms with Crippen molar-refractivity contribution in [1.29, 1.82) is 0 Å². The maximum absolute atomic E-state index is 12.3. The van der Waals surface area contributed by atoms with Crippen LogP contribution >= 0.6 is 0 Å². The van der Waals surface area contributed by atoms with Crippen LogP contribution in [0.1, 0.15) is 17.3 Å². The molecule has 0 unspecified atom stereocenters. The average molecular weight is 254 g/mol. The summed E-state index contributed by atoms with van der Waals surface area (Å²) in [7, 11) is 1.79. The molecule has 2 aromatic carbocycles. The number of carbonyl (C=O) groups excluding carboxylic acids is 1. The van der Waals surface area contributed by atoms with E-state index in [9.17, 15) is 4.79 Å². The van der Waals surface area contributed by atoms with Crippen LogP contribution in [-0.4, -0.2) is 19.5 Å². The van der Waals surface area contributed by atoms with Crippen molar-refractivity contribution >= 4 is 17.3 Å². The fourth-order valence-corrected chi connectivity index (χ4v) is 1.90. The van der Waals surface area contributed by atoms with Gasteiger partial charge in [0.15, 0.2) is 0 Å². The van der Waals surface area contributed by atoms with Crippen LogP contribution in [-0.2, 0) is 0 Å². The summed E-state index contributed by atoms with van der Waals surface area (Å²) in [6.07, 6.45) is 0. The van der Waals surface area contributed by atoms with E-state index in [-0.39, 0.29) is 5.91 Å². The van der Waals surface area contributed by atoms with Crippen LogP contribution in [0, 0.1) is 0 Å². The monoisotopic (exact) mass is 254 g/mol. The van der Waals surface area contributed by atoms with E-state index in [0.717, 1.165) is 17.9 Å². The third-order valence-electron chi connectivity index (χ3n) is 2.96. The van der Waals surface area contributed by atoms with Crippen LogP contribution in [0.2, 0.25) is 0 Å². The zero-order valence-corrected chi connectivity index (χ0v) is 11.3. The predicted octanol–water partition coefficient (Wildman–Crippen LogP) is 3.40. The number of hydrogen-bond acceptors (Lipinski definition) is 2. The fourth-order valence-electron chi connectivity index (χ4n) is 1.90. The Kier molecular flexibility index (Phi) is 4.18. The summed E-state index contributed by atoms with van der Waals surface area (Å²) >= 11 is 0. The molecule has 0 aromatic heterocycles. The van der Waals surface area contributed by atoms with Gasteiger partial charge in [-0.05, 0) is 43.3 Å². The quantitative estimate of drug-likeness (QED) is 0.907. The molecule has 1 N–H and O–H groups in total. The minimum absolute atomic E-state index is 0.00533. The molecule has 2 rings (SSSR count). The number of nitrogens with one attached hydrogen (secondary N) is 1. The van der Waals surface area contributed by atoms with Gasteiger partial charge in [-0.1, -0.05) is 18.2 Å². The van der Waals surface area contributed by atoms with Crippen molar-refractivity contribution in [3.05, 3.63) is 60.2 Å². The molecule has 3 heteroatoms. The van der Waals surface area contributed by atoms with E-state index in [1.165, 1.54) is 0 Å². The van der Waals surface area contributed by atoms with Gasteiger partial charge in [-0.3, -0.25) is 4.79 Å². The zero-order chi connectivity index (χ0) is 13.7. The van der Waals surface area contributed by atoms with E-state index in [4.69, 9.17) is 0 Å². The Labute approximate surface area is 113 Å². The number of rotatable bonds is 4. The van der Waals surface area contributed by atoms with E-state index in [2.05, 4.69) is 5.32 Å². The van der Waals surface area contributed by atoms with Gasteiger partial charge in [0.25, 0.3) is 5.91 Å². The molecule has 0 bridgehead atoms. The van der Waals surface area contributed by atoms with Gasteiger partial charge >= 0.3 is 0 Å². The number of amides is 1. The summed E-state index contributed by atoms with van der Waals surface area (Å²) in [4.78, 5) is 14.0. The van der Waals surface area contributed by atoms with Crippen molar-refractivity contribution < 1.29 is 4.79 Å². The highest BCUT2D eigenvalue weighted by Crippen LogP contribution is 2.16. The fraction of sp³-hybridized carbons (Fsp3) is 0.188. The normalized spacial score (nSPS) is 10.0. The summed E-state index contributed by atoms with van der Waals surface area (Å²) in [5, 5.41) is 3.21. The third-order valence-corrected chi connectivity index (χ3v) is 2.96. The first kappa shape index (κ1) is 13.1. The van der Waals surface area contributed by atoms with Crippen molar-refractivity contribution in [3.63, 3.8) is 0 Å².